The van der Waals surface area contributed by atoms with E-state index >= 15 is 0 Å². The second kappa shape index (κ2) is 7.02. The summed E-state index contributed by atoms with van der Waals surface area (Å²) in [7, 11) is -5.51. The van der Waals surface area contributed by atoms with Crippen molar-refractivity contribution in [2.75, 3.05) is 0 Å². The summed E-state index contributed by atoms with van der Waals surface area (Å²) >= 11 is 0. The van der Waals surface area contributed by atoms with Gasteiger partial charge >= 0.3 is 5.51 Å². The highest BCUT2D eigenvalue weighted by Gasteiger charge is 2.46. The second-order valence-electron chi connectivity index (χ2n) is 5.33. The van der Waals surface area contributed by atoms with E-state index in [-0.39, 0.29) is 11.1 Å². The molecule has 1 unspecified atom stereocenters. The molecule has 1 amide bonds. The molecule has 2 aromatic rings. The Morgan fingerprint density at radius 3 is 2.12 bits per heavy atom. The Kier molecular flexibility index (Phi) is 5.36. The molecule has 26 heavy (non-hydrogen) atoms. The molecule has 0 radical (unpaired) electrons. The van der Waals surface area contributed by atoms with Gasteiger partial charge in [0.1, 0.15) is 11.6 Å². The van der Waals surface area contributed by atoms with Crippen molar-refractivity contribution in [3.05, 3.63) is 65.2 Å². The van der Waals surface area contributed by atoms with Crippen LogP contribution in [0.5, 0.6) is 0 Å². The fourth-order valence-electron chi connectivity index (χ4n) is 2.13. The Morgan fingerprint density at radius 2 is 1.62 bits per heavy atom. The van der Waals surface area contributed by atoms with Crippen LogP contribution in [-0.2, 0) is 9.84 Å². The van der Waals surface area contributed by atoms with Gasteiger partial charge in [-0.3, -0.25) is 4.79 Å². The van der Waals surface area contributed by atoms with Gasteiger partial charge in [0.2, 0.25) is 0 Å². The topological polar surface area (TPSA) is 63.2 Å². The monoisotopic (exact) mass is 393 g/mol. The van der Waals surface area contributed by atoms with Crippen molar-refractivity contribution in [2.45, 2.75) is 23.4 Å². The minimum Gasteiger partial charge on any atom is -0.345 e. The van der Waals surface area contributed by atoms with Crippen molar-refractivity contribution in [1.82, 2.24) is 5.32 Å². The third kappa shape index (κ3) is 4.01. The van der Waals surface area contributed by atoms with Gasteiger partial charge < -0.3 is 5.32 Å². The standard InChI is InChI=1S/C16H12F5NO3S/c1-9(13-7-4-11(17)8-14(13)18)22-15(23)10-2-5-12(6-3-10)26(24,25)16(19,20)21/h2-9H,1H3,(H,22,23). The SMILES string of the molecule is CC(NC(=O)c1ccc(S(=O)(=O)C(F)(F)F)cc1)c1ccc(F)cc1F. The molecular formula is C16H12F5NO3S. The minimum absolute atomic E-state index is 0.0102. The molecule has 4 nitrogen and oxygen atoms in total. The highest BCUT2D eigenvalue weighted by molar-refractivity contribution is 7.92. The second-order valence-corrected chi connectivity index (χ2v) is 7.28. The molecule has 10 heteroatoms. The summed E-state index contributed by atoms with van der Waals surface area (Å²) in [5, 5.41) is 2.39. The molecule has 0 heterocycles. The fraction of sp³-hybridized carbons (Fsp3) is 0.188. The average Bonchev–Trinajstić information content (AvgIpc) is 2.53. The van der Waals surface area contributed by atoms with Crippen LogP contribution in [-0.4, -0.2) is 19.8 Å². The number of carbonyl (C=O) groups is 1. The molecule has 140 valence electrons. The highest BCUT2D eigenvalue weighted by Crippen LogP contribution is 2.30. The summed E-state index contributed by atoms with van der Waals surface area (Å²) < 4.78 is 86.5. The first kappa shape index (κ1) is 19.8. The molecule has 0 aliphatic rings. The zero-order chi connectivity index (χ0) is 19.7. The number of hydrogen-bond donors (Lipinski definition) is 1. The van der Waals surface area contributed by atoms with E-state index in [4.69, 9.17) is 0 Å². The first-order chi connectivity index (χ1) is 11.9. The van der Waals surface area contributed by atoms with E-state index in [0.29, 0.717) is 18.2 Å². The number of sulfone groups is 1. The van der Waals surface area contributed by atoms with Crippen LogP contribution in [0.4, 0.5) is 22.0 Å². The number of benzene rings is 2. The number of carbonyl (C=O) groups excluding carboxylic acids is 1. The molecule has 2 aromatic carbocycles. The maximum Gasteiger partial charge on any atom is 0.501 e. The summed E-state index contributed by atoms with van der Waals surface area (Å²) in [6.07, 6.45) is 0. The lowest BCUT2D eigenvalue weighted by molar-refractivity contribution is -0.0436. The lowest BCUT2D eigenvalue weighted by Gasteiger charge is -2.15. The Balaban J connectivity index is 2.18. The van der Waals surface area contributed by atoms with Gasteiger partial charge in [0.05, 0.1) is 10.9 Å². The Labute approximate surface area is 145 Å². The van der Waals surface area contributed by atoms with Crippen molar-refractivity contribution in [3.8, 4) is 0 Å². The summed E-state index contributed by atoms with van der Waals surface area (Å²) in [6, 6.07) is 5.06. The van der Waals surface area contributed by atoms with Gasteiger partial charge in [0, 0.05) is 17.2 Å². The first-order valence-electron chi connectivity index (χ1n) is 7.10. The van der Waals surface area contributed by atoms with Crippen molar-refractivity contribution < 1.29 is 35.2 Å². The van der Waals surface area contributed by atoms with Gasteiger partial charge in [-0.2, -0.15) is 13.2 Å². The lowest BCUT2D eigenvalue weighted by Crippen LogP contribution is -2.27. The van der Waals surface area contributed by atoms with Gasteiger partial charge in [0.15, 0.2) is 0 Å². The third-order valence-electron chi connectivity index (χ3n) is 3.51. The zero-order valence-electron chi connectivity index (χ0n) is 13.1. The van der Waals surface area contributed by atoms with Crippen LogP contribution in [0.2, 0.25) is 0 Å². The van der Waals surface area contributed by atoms with Crippen LogP contribution in [0.1, 0.15) is 28.9 Å². The van der Waals surface area contributed by atoms with E-state index in [0.717, 1.165) is 24.3 Å². The number of alkyl halides is 3. The van der Waals surface area contributed by atoms with Crippen molar-refractivity contribution >= 4 is 15.7 Å². The molecule has 0 spiro atoms. The number of halogens is 5. The molecule has 0 aliphatic heterocycles. The van der Waals surface area contributed by atoms with Gasteiger partial charge in [-0.25, -0.2) is 17.2 Å². The highest BCUT2D eigenvalue weighted by atomic mass is 32.2. The zero-order valence-corrected chi connectivity index (χ0v) is 14.0. The smallest absolute Gasteiger partial charge is 0.345 e. The molecule has 0 saturated heterocycles. The molecule has 0 saturated carbocycles. The summed E-state index contributed by atoms with van der Waals surface area (Å²) in [4.78, 5) is 11.1. The van der Waals surface area contributed by atoms with Gasteiger partial charge in [-0.1, -0.05) is 6.07 Å². The molecule has 0 aromatic heterocycles. The average molecular weight is 393 g/mol. The first-order valence-corrected chi connectivity index (χ1v) is 8.59. The predicted octanol–water partition coefficient (Wildman–Crippen LogP) is 3.75. The summed E-state index contributed by atoms with van der Waals surface area (Å²) in [6.45, 7) is 1.43. The van der Waals surface area contributed by atoms with E-state index in [2.05, 4.69) is 5.32 Å². The predicted molar refractivity (Wildman–Crippen MR) is 81.9 cm³/mol. The minimum atomic E-state index is -5.51. The van der Waals surface area contributed by atoms with Gasteiger partial charge in [0.25, 0.3) is 15.7 Å². The molecule has 0 bridgehead atoms. The molecule has 1 N–H and O–H groups in total. The molecule has 0 fully saturated rings. The maximum absolute atomic E-state index is 13.7. The lowest BCUT2D eigenvalue weighted by atomic mass is 10.1. The summed E-state index contributed by atoms with van der Waals surface area (Å²) in [5.74, 6) is -2.42. The van der Waals surface area contributed by atoms with E-state index in [1.165, 1.54) is 6.92 Å². The largest absolute Gasteiger partial charge is 0.501 e. The van der Waals surface area contributed by atoms with Gasteiger partial charge in [-0.15, -0.1) is 0 Å². The third-order valence-corrected chi connectivity index (χ3v) is 5.01. The van der Waals surface area contributed by atoms with Crippen LogP contribution in [0, 0.1) is 11.6 Å². The molecule has 0 aliphatic carbocycles. The van der Waals surface area contributed by atoms with Gasteiger partial charge in [-0.05, 0) is 37.3 Å². The quantitative estimate of drug-likeness (QED) is 0.805. The number of nitrogens with one attached hydrogen (secondary N) is 1. The van der Waals surface area contributed by atoms with Crippen LogP contribution in [0.3, 0.4) is 0 Å². The fourth-order valence-corrected chi connectivity index (χ4v) is 2.89. The Morgan fingerprint density at radius 1 is 1.04 bits per heavy atom. The van der Waals surface area contributed by atoms with Crippen LogP contribution >= 0.6 is 0 Å². The van der Waals surface area contributed by atoms with Crippen LogP contribution < -0.4 is 5.32 Å². The Bertz CT molecular complexity index is 924. The van der Waals surface area contributed by atoms with Crippen molar-refractivity contribution in [3.63, 3.8) is 0 Å². The van der Waals surface area contributed by atoms with Crippen LogP contribution in [0.25, 0.3) is 0 Å². The van der Waals surface area contributed by atoms with E-state index in [1.54, 1.807) is 0 Å². The Hall–Kier alpha value is -2.49. The van der Waals surface area contributed by atoms with Crippen LogP contribution in [0.15, 0.2) is 47.4 Å². The number of hydrogen-bond acceptors (Lipinski definition) is 3. The van der Waals surface area contributed by atoms with Crippen molar-refractivity contribution in [1.29, 1.82) is 0 Å². The normalized spacial score (nSPS) is 13.3. The van der Waals surface area contributed by atoms with E-state index < -0.39 is 43.8 Å². The maximum atomic E-state index is 13.7. The molecule has 2 rings (SSSR count). The van der Waals surface area contributed by atoms with E-state index in [9.17, 15) is 35.2 Å². The number of rotatable bonds is 4. The van der Waals surface area contributed by atoms with E-state index in [1.807, 2.05) is 0 Å². The number of amides is 1. The molecule has 1 atom stereocenters. The summed E-state index contributed by atoms with van der Waals surface area (Å²) in [5.41, 5.74) is -5.57. The van der Waals surface area contributed by atoms with Crippen molar-refractivity contribution in [2.24, 2.45) is 0 Å². The molecular weight excluding hydrogens is 381 g/mol.